The third-order valence-corrected chi connectivity index (χ3v) is 4.66. The number of rotatable bonds is 6. The second-order valence-corrected chi connectivity index (χ2v) is 6.57. The maximum atomic E-state index is 11.8. The van der Waals surface area contributed by atoms with Gasteiger partial charge in [0.05, 0.1) is 6.61 Å². The predicted octanol–water partition coefficient (Wildman–Crippen LogP) is 3.88. The molecule has 2 atom stereocenters. The lowest BCUT2D eigenvalue weighted by atomic mass is 9.74. The molecule has 0 bridgehead atoms. The largest absolute Gasteiger partial charge is 0.493 e. The van der Waals surface area contributed by atoms with Gasteiger partial charge >= 0.3 is 0 Å². The molecule has 1 amide bonds. The summed E-state index contributed by atoms with van der Waals surface area (Å²) in [6.07, 6.45) is 7.58. The topological polar surface area (TPSA) is 50.7 Å². The second kappa shape index (κ2) is 7.18. The minimum absolute atomic E-state index is 0.0525. The summed E-state index contributed by atoms with van der Waals surface area (Å²) in [4.78, 5) is 11.8. The maximum Gasteiger partial charge on any atom is 0.240 e. The number of amides is 1. The third kappa shape index (κ3) is 3.94. The molecule has 4 nitrogen and oxygen atoms in total. The lowest BCUT2D eigenvalue weighted by molar-refractivity contribution is -0.121. The molecule has 0 radical (unpaired) electrons. The van der Waals surface area contributed by atoms with Crippen LogP contribution in [0.25, 0.3) is 0 Å². The van der Waals surface area contributed by atoms with Crippen molar-refractivity contribution in [1.82, 2.24) is 5.43 Å². The van der Waals surface area contributed by atoms with Gasteiger partial charge in [-0.05, 0) is 55.9 Å². The number of aryl methyl sites for hydroxylation is 1. The van der Waals surface area contributed by atoms with Gasteiger partial charge in [0, 0.05) is 23.1 Å². The Balaban J connectivity index is 1.34. The molecule has 1 N–H and O–H groups in total. The first-order valence-electron chi connectivity index (χ1n) is 8.04. The Morgan fingerprint density at radius 2 is 2.35 bits per heavy atom. The van der Waals surface area contributed by atoms with Crippen LogP contribution >= 0.6 is 11.6 Å². The SMILES string of the molecule is Cc1cc(Cl)ccc1OCCCC(=O)N/N=C1/C[C@H]2C=CC[C@H]12. The number of nitrogens with one attached hydrogen (secondary N) is 1. The second-order valence-electron chi connectivity index (χ2n) is 6.14. The zero-order valence-electron chi connectivity index (χ0n) is 13.2. The van der Waals surface area contributed by atoms with Crippen LogP contribution in [0.5, 0.6) is 5.75 Å². The van der Waals surface area contributed by atoms with Crippen LogP contribution in [0.2, 0.25) is 5.02 Å². The molecule has 1 aromatic rings. The van der Waals surface area contributed by atoms with Crippen LogP contribution in [0, 0.1) is 18.8 Å². The van der Waals surface area contributed by atoms with E-state index < -0.39 is 0 Å². The Bertz CT molecular complexity index is 654. The van der Waals surface area contributed by atoms with Gasteiger partial charge in [0.2, 0.25) is 5.91 Å². The zero-order valence-corrected chi connectivity index (χ0v) is 14.0. The summed E-state index contributed by atoms with van der Waals surface area (Å²) >= 11 is 5.91. The summed E-state index contributed by atoms with van der Waals surface area (Å²) in [6.45, 7) is 2.45. The summed E-state index contributed by atoms with van der Waals surface area (Å²) in [5.74, 6) is 1.95. The van der Waals surface area contributed by atoms with Gasteiger partial charge in [0.15, 0.2) is 0 Å². The Kier molecular flexibility index (Phi) is 5.01. The van der Waals surface area contributed by atoms with Crippen molar-refractivity contribution >= 4 is 23.2 Å². The van der Waals surface area contributed by atoms with E-state index in [1.165, 1.54) is 0 Å². The first-order chi connectivity index (χ1) is 11.1. The number of benzene rings is 1. The molecular formula is C18H21ClN2O2. The van der Waals surface area contributed by atoms with Crippen molar-refractivity contribution in [2.24, 2.45) is 16.9 Å². The van der Waals surface area contributed by atoms with Crippen LogP contribution in [-0.4, -0.2) is 18.2 Å². The number of halogens is 1. The molecule has 1 aromatic carbocycles. The molecule has 0 saturated heterocycles. The minimum atomic E-state index is -0.0525. The van der Waals surface area contributed by atoms with E-state index in [1.807, 2.05) is 19.1 Å². The number of ether oxygens (including phenoxy) is 1. The van der Waals surface area contributed by atoms with Crippen molar-refractivity contribution in [3.8, 4) is 5.75 Å². The molecule has 2 aliphatic carbocycles. The number of allylic oxidation sites excluding steroid dienone is 2. The zero-order chi connectivity index (χ0) is 16.2. The van der Waals surface area contributed by atoms with E-state index in [-0.39, 0.29) is 5.91 Å². The highest BCUT2D eigenvalue weighted by molar-refractivity contribution is 6.30. The van der Waals surface area contributed by atoms with Gasteiger partial charge in [-0.3, -0.25) is 4.79 Å². The lowest BCUT2D eigenvalue weighted by Gasteiger charge is -2.31. The van der Waals surface area contributed by atoms with Crippen LogP contribution in [0.15, 0.2) is 35.5 Å². The van der Waals surface area contributed by atoms with Gasteiger partial charge in [-0.25, -0.2) is 5.43 Å². The average molecular weight is 333 g/mol. The van der Waals surface area contributed by atoms with Crippen molar-refractivity contribution in [3.05, 3.63) is 40.9 Å². The number of hydrazone groups is 1. The molecule has 0 aliphatic heterocycles. The number of fused-ring (bicyclic) bond motifs is 1. The normalized spacial score (nSPS) is 23.5. The quantitative estimate of drug-likeness (QED) is 0.488. The molecule has 0 unspecified atom stereocenters. The molecule has 2 aliphatic rings. The molecule has 1 fully saturated rings. The lowest BCUT2D eigenvalue weighted by Crippen LogP contribution is -2.35. The van der Waals surface area contributed by atoms with E-state index in [1.54, 1.807) is 6.07 Å². The minimum Gasteiger partial charge on any atom is -0.493 e. The van der Waals surface area contributed by atoms with Crippen LogP contribution in [-0.2, 0) is 4.79 Å². The Morgan fingerprint density at radius 1 is 1.48 bits per heavy atom. The van der Waals surface area contributed by atoms with Crippen LogP contribution < -0.4 is 10.2 Å². The molecule has 23 heavy (non-hydrogen) atoms. The fourth-order valence-electron chi connectivity index (χ4n) is 3.04. The van der Waals surface area contributed by atoms with E-state index in [9.17, 15) is 4.79 Å². The van der Waals surface area contributed by atoms with Gasteiger partial charge < -0.3 is 4.74 Å². The summed E-state index contributed by atoms with van der Waals surface area (Å²) in [6, 6.07) is 5.52. The molecule has 5 heteroatoms. The Hall–Kier alpha value is -1.81. The molecule has 0 heterocycles. The Labute approximate surface area is 141 Å². The van der Waals surface area contributed by atoms with E-state index >= 15 is 0 Å². The summed E-state index contributed by atoms with van der Waals surface area (Å²) in [5.41, 5.74) is 4.79. The number of carbonyl (C=O) groups is 1. The number of carbonyl (C=O) groups excluding carboxylic acids is 1. The van der Waals surface area contributed by atoms with Crippen LogP contribution in [0.1, 0.15) is 31.2 Å². The maximum absolute atomic E-state index is 11.8. The number of hydrogen-bond donors (Lipinski definition) is 1. The Morgan fingerprint density at radius 3 is 3.13 bits per heavy atom. The molecule has 3 rings (SSSR count). The third-order valence-electron chi connectivity index (χ3n) is 4.43. The van der Waals surface area contributed by atoms with E-state index in [0.29, 0.717) is 36.3 Å². The van der Waals surface area contributed by atoms with Crippen molar-refractivity contribution < 1.29 is 9.53 Å². The average Bonchev–Trinajstić information content (AvgIpc) is 2.87. The van der Waals surface area contributed by atoms with Crippen LogP contribution in [0.3, 0.4) is 0 Å². The summed E-state index contributed by atoms with van der Waals surface area (Å²) < 4.78 is 5.67. The number of hydrogen-bond acceptors (Lipinski definition) is 3. The van der Waals surface area contributed by atoms with Gasteiger partial charge in [-0.2, -0.15) is 5.10 Å². The molecular weight excluding hydrogens is 312 g/mol. The van der Waals surface area contributed by atoms with Gasteiger partial charge in [0.25, 0.3) is 0 Å². The van der Waals surface area contributed by atoms with Crippen molar-refractivity contribution in [1.29, 1.82) is 0 Å². The standard InChI is InChI=1S/C18H21ClN2O2/c1-12-10-14(19)7-8-17(12)23-9-3-6-18(22)21-20-16-11-13-4-2-5-15(13)16/h2,4,7-8,10,13,15H,3,5-6,9,11H2,1H3,(H,21,22)/b20-16-/t13-,15+/m1/s1. The van der Waals surface area contributed by atoms with Gasteiger partial charge in [0.1, 0.15) is 5.75 Å². The highest BCUT2D eigenvalue weighted by atomic mass is 35.5. The smallest absolute Gasteiger partial charge is 0.240 e. The van der Waals surface area contributed by atoms with Crippen molar-refractivity contribution in [3.63, 3.8) is 0 Å². The summed E-state index contributed by atoms with van der Waals surface area (Å²) in [5, 5.41) is 4.95. The monoisotopic (exact) mass is 332 g/mol. The predicted molar refractivity (Wildman–Crippen MR) is 91.8 cm³/mol. The fraction of sp³-hybridized carbons (Fsp3) is 0.444. The molecule has 1 saturated carbocycles. The van der Waals surface area contributed by atoms with Gasteiger partial charge in [-0.15, -0.1) is 0 Å². The number of nitrogens with zero attached hydrogens (tertiary/aromatic N) is 1. The van der Waals surface area contributed by atoms with Crippen LogP contribution in [0.4, 0.5) is 0 Å². The highest BCUT2D eigenvalue weighted by Gasteiger charge is 2.37. The first-order valence-corrected chi connectivity index (χ1v) is 8.42. The van der Waals surface area contributed by atoms with Gasteiger partial charge in [-0.1, -0.05) is 23.8 Å². The first kappa shape index (κ1) is 16.1. The van der Waals surface area contributed by atoms with E-state index in [2.05, 4.69) is 22.7 Å². The molecule has 0 aromatic heterocycles. The van der Waals surface area contributed by atoms with E-state index in [4.69, 9.17) is 16.3 Å². The fourth-order valence-corrected chi connectivity index (χ4v) is 3.27. The summed E-state index contributed by atoms with van der Waals surface area (Å²) in [7, 11) is 0. The molecule has 0 spiro atoms. The van der Waals surface area contributed by atoms with E-state index in [0.717, 1.165) is 29.9 Å². The van der Waals surface area contributed by atoms with Crippen molar-refractivity contribution in [2.75, 3.05) is 6.61 Å². The molecule has 122 valence electrons. The van der Waals surface area contributed by atoms with Crippen molar-refractivity contribution in [2.45, 2.75) is 32.6 Å². The highest BCUT2D eigenvalue weighted by Crippen LogP contribution is 2.40.